The topological polar surface area (TPSA) is 81.9 Å². The maximum absolute atomic E-state index is 14.0. The summed E-state index contributed by atoms with van der Waals surface area (Å²) in [6, 6.07) is 3.03. The molecule has 134 valence electrons. The van der Waals surface area contributed by atoms with Gasteiger partial charge in [0.05, 0.1) is 18.5 Å². The van der Waals surface area contributed by atoms with Gasteiger partial charge in [-0.3, -0.25) is 0 Å². The normalized spacial score (nSPS) is 10.6. The Morgan fingerprint density at radius 2 is 2.12 bits per heavy atom. The molecule has 1 aromatic carbocycles. The molecule has 0 amide bonds. The van der Waals surface area contributed by atoms with Crippen LogP contribution in [0.1, 0.15) is 22.8 Å². The molecule has 0 saturated carbocycles. The number of hydrogen-bond donors (Lipinski definition) is 1. The number of nitrogens with zero attached hydrogens (tertiary/aromatic N) is 4. The van der Waals surface area contributed by atoms with Gasteiger partial charge in [0.1, 0.15) is 17.2 Å². The van der Waals surface area contributed by atoms with E-state index in [-0.39, 0.29) is 29.6 Å². The van der Waals surface area contributed by atoms with Crippen molar-refractivity contribution in [3.8, 4) is 5.95 Å². The van der Waals surface area contributed by atoms with Gasteiger partial charge < -0.3 is 10.1 Å². The first-order valence-corrected chi connectivity index (χ1v) is 7.76. The summed E-state index contributed by atoms with van der Waals surface area (Å²) in [7, 11) is 0. The fraction of sp³-hybridized carbons (Fsp3) is 0.176. The number of carbonyl (C=O) groups is 1. The van der Waals surface area contributed by atoms with Crippen molar-refractivity contribution in [3.63, 3.8) is 0 Å². The van der Waals surface area contributed by atoms with Gasteiger partial charge in [-0.15, -0.1) is 0 Å². The summed E-state index contributed by atoms with van der Waals surface area (Å²) in [5.74, 6) is -2.01. The Hall–Kier alpha value is -3.36. The van der Waals surface area contributed by atoms with Crippen LogP contribution in [-0.2, 0) is 4.74 Å². The number of ether oxygens (including phenoxy) is 1. The Balaban J connectivity index is 2.04. The third-order valence-corrected chi connectivity index (χ3v) is 3.37. The minimum absolute atomic E-state index is 0.0169. The second-order valence-electron chi connectivity index (χ2n) is 5.36. The van der Waals surface area contributed by atoms with Crippen LogP contribution < -0.4 is 5.32 Å². The van der Waals surface area contributed by atoms with E-state index in [9.17, 15) is 13.6 Å². The standard InChI is InChI=1S/C17H15F2N5O2/c1-3-26-16(25)12-8-20-17(24-9-10(2)7-21-24)23-15(12)22-14-5-4-11(18)6-13(14)19/h4-9H,3H2,1-2H3,(H,20,22,23). The molecular formula is C17H15F2N5O2. The molecule has 0 bridgehead atoms. The molecule has 0 fully saturated rings. The van der Waals surface area contributed by atoms with E-state index in [1.807, 2.05) is 6.92 Å². The van der Waals surface area contributed by atoms with E-state index in [1.165, 1.54) is 16.9 Å². The molecule has 1 N–H and O–H groups in total. The maximum Gasteiger partial charge on any atom is 0.343 e. The predicted octanol–water partition coefficient (Wildman–Crippen LogP) is 3.17. The van der Waals surface area contributed by atoms with Crippen molar-refractivity contribution in [3.05, 3.63) is 59.6 Å². The molecule has 26 heavy (non-hydrogen) atoms. The molecule has 0 aliphatic carbocycles. The van der Waals surface area contributed by atoms with E-state index in [2.05, 4.69) is 20.4 Å². The zero-order valence-corrected chi connectivity index (χ0v) is 14.0. The van der Waals surface area contributed by atoms with Crippen LogP contribution in [0.5, 0.6) is 0 Å². The van der Waals surface area contributed by atoms with Gasteiger partial charge in [0.25, 0.3) is 5.95 Å². The lowest BCUT2D eigenvalue weighted by Crippen LogP contribution is -2.13. The molecule has 0 atom stereocenters. The largest absolute Gasteiger partial charge is 0.462 e. The molecule has 0 aliphatic heterocycles. The van der Waals surface area contributed by atoms with Gasteiger partial charge in [0, 0.05) is 18.5 Å². The van der Waals surface area contributed by atoms with Crippen molar-refractivity contribution in [2.24, 2.45) is 0 Å². The van der Waals surface area contributed by atoms with Crippen LogP contribution in [0, 0.1) is 18.6 Å². The number of carbonyl (C=O) groups excluding carboxylic acids is 1. The Bertz CT molecular complexity index is 958. The summed E-state index contributed by atoms with van der Waals surface area (Å²) in [4.78, 5) is 20.5. The molecule has 0 unspecified atom stereocenters. The van der Waals surface area contributed by atoms with E-state index in [1.54, 1.807) is 19.3 Å². The molecule has 0 saturated heterocycles. The number of esters is 1. The van der Waals surface area contributed by atoms with Gasteiger partial charge in [0.2, 0.25) is 0 Å². The van der Waals surface area contributed by atoms with Crippen molar-refractivity contribution in [2.75, 3.05) is 11.9 Å². The summed E-state index contributed by atoms with van der Waals surface area (Å²) in [5.41, 5.74) is 0.864. The van der Waals surface area contributed by atoms with Crippen LogP contribution in [0.25, 0.3) is 5.95 Å². The zero-order chi connectivity index (χ0) is 18.7. The van der Waals surface area contributed by atoms with E-state index < -0.39 is 17.6 Å². The number of anilines is 2. The van der Waals surface area contributed by atoms with Crippen molar-refractivity contribution < 1.29 is 18.3 Å². The average Bonchev–Trinajstić information content (AvgIpc) is 3.04. The number of rotatable bonds is 5. The number of aromatic nitrogens is 4. The summed E-state index contributed by atoms with van der Waals surface area (Å²) in [6.45, 7) is 3.67. The highest BCUT2D eigenvalue weighted by Crippen LogP contribution is 2.23. The molecule has 0 radical (unpaired) electrons. The Morgan fingerprint density at radius 3 is 2.77 bits per heavy atom. The summed E-state index contributed by atoms with van der Waals surface area (Å²) >= 11 is 0. The van der Waals surface area contributed by atoms with Crippen LogP contribution in [0.2, 0.25) is 0 Å². The molecule has 3 aromatic rings. The quantitative estimate of drug-likeness (QED) is 0.705. The number of aryl methyl sites for hydroxylation is 1. The van der Waals surface area contributed by atoms with Crippen LogP contribution in [0.4, 0.5) is 20.3 Å². The lowest BCUT2D eigenvalue weighted by atomic mass is 10.2. The summed E-state index contributed by atoms with van der Waals surface area (Å²) in [6.07, 6.45) is 4.58. The molecular weight excluding hydrogens is 344 g/mol. The van der Waals surface area contributed by atoms with Crippen LogP contribution in [-0.4, -0.2) is 32.3 Å². The molecule has 2 aromatic heterocycles. The number of halogens is 2. The number of benzene rings is 1. The minimum atomic E-state index is -0.824. The van der Waals surface area contributed by atoms with E-state index in [4.69, 9.17) is 4.74 Å². The highest BCUT2D eigenvalue weighted by Gasteiger charge is 2.18. The van der Waals surface area contributed by atoms with Crippen molar-refractivity contribution in [1.82, 2.24) is 19.7 Å². The zero-order valence-electron chi connectivity index (χ0n) is 14.0. The van der Waals surface area contributed by atoms with Gasteiger partial charge in [-0.1, -0.05) is 0 Å². The van der Waals surface area contributed by atoms with Crippen LogP contribution in [0.3, 0.4) is 0 Å². The fourth-order valence-corrected chi connectivity index (χ4v) is 2.18. The van der Waals surface area contributed by atoms with Gasteiger partial charge in [0.15, 0.2) is 5.82 Å². The molecule has 0 aliphatic rings. The van der Waals surface area contributed by atoms with Gasteiger partial charge in [-0.2, -0.15) is 10.1 Å². The molecule has 2 heterocycles. The predicted molar refractivity (Wildman–Crippen MR) is 89.5 cm³/mol. The van der Waals surface area contributed by atoms with Gasteiger partial charge in [-0.05, 0) is 31.5 Å². The van der Waals surface area contributed by atoms with Crippen molar-refractivity contribution in [2.45, 2.75) is 13.8 Å². The first-order chi connectivity index (χ1) is 12.5. The Labute approximate surface area is 147 Å². The van der Waals surface area contributed by atoms with E-state index in [0.717, 1.165) is 17.7 Å². The van der Waals surface area contributed by atoms with Crippen molar-refractivity contribution in [1.29, 1.82) is 0 Å². The number of hydrogen-bond acceptors (Lipinski definition) is 6. The monoisotopic (exact) mass is 359 g/mol. The lowest BCUT2D eigenvalue weighted by Gasteiger charge is -2.12. The third-order valence-electron chi connectivity index (χ3n) is 3.37. The Kier molecular flexibility index (Phi) is 4.87. The first kappa shape index (κ1) is 17.5. The minimum Gasteiger partial charge on any atom is -0.462 e. The Morgan fingerprint density at radius 1 is 1.31 bits per heavy atom. The SMILES string of the molecule is CCOC(=O)c1cnc(-n2cc(C)cn2)nc1Nc1ccc(F)cc1F. The van der Waals surface area contributed by atoms with Gasteiger partial charge in [-0.25, -0.2) is 23.2 Å². The second kappa shape index (κ2) is 7.26. The molecule has 3 rings (SSSR count). The van der Waals surface area contributed by atoms with Crippen LogP contribution >= 0.6 is 0 Å². The fourth-order valence-electron chi connectivity index (χ4n) is 2.18. The molecule has 9 heteroatoms. The third kappa shape index (κ3) is 3.66. The smallest absolute Gasteiger partial charge is 0.343 e. The first-order valence-electron chi connectivity index (χ1n) is 7.76. The molecule has 0 spiro atoms. The lowest BCUT2D eigenvalue weighted by molar-refractivity contribution is 0.0526. The van der Waals surface area contributed by atoms with Crippen molar-refractivity contribution >= 4 is 17.5 Å². The van der Waals surface area contributed by atoms with Crippen LogP contribution in [0.15, 0.2) is 36.8 Å². The highest BCUT2D eigenvalue weighted by molar-refractivity contribution is 5.95. The average molecular weight is 359 g/mol. The summed E-state index contributed by atoms with van der Waals surface area (Å²) in [5, 5.41) is 6.79. The maximum atomic E-state index is 14.0. The summed E-state index contributed by atoms with van der Waals surface area (Å²) < 4.78 is 33.5. The second-order valence-corrected chi connectivity index (χ2v) is 5.36. The molecule has 7 nitrogen and oxygen atoms in total. The van der Waals surface area contributed by atoms with Gasteiger partial charge >= 0.3 is 5.97 Å². The van der Waals surface area contributed by atoms with E-state index in [0.29, 0.717) is 0 Å². The number of nitrogens with one attached hydrogen (secondary N) is 1. The highest BCUT2D eigenvalue weighted by atomic mass is 19.1. The van der Waals surface area contributed by atoms with E-state index >= 15 is 0 Å².